The number of rotatable bonds is 6. The molecule has 0 radical (unpaired) electrons. The molecule has 0 aliphatic rings. The lowest BCUT2D eigenvalue weighted by Crippen LogP contribution is -1.99. The van der Waals surface area contributed by atoms with E-state index >= 15 is 0 Å². The summed E-state index contributed by atoms with van der Waals surface area (Å²) in [7, 11) is 1.80. The SMILES string of the molecule is CCON=Cc1nc(-c2nc3cc(SC(F)(F)F)ccc3n2C)ccc1SC. The van der Waals surface area contributed by atoms with Crippen molar-refractivity contribution in [2.75, 3.05) is 12.9 Å². The van der Waals surface area contributed by atoms with Gasteiger partial charge in [0.05, 0.1) is 22.9 Å². The summed E-state index contributed by atoms with van der Waals surface area (Å²) >= 11 is 1.37. The van der Waals surface area contributed by atoms with Gasteiger partial charge < -0.3 is 9.40 Å². The molecule has 0 aliphatic carbocycles. The number of fused-ring (bicyclic) bond motifs is 1. The van der Waals surface area contributed by atoms with Gasteiger partial charge >= 0.3 is 5.51 Å². The first-order valence-corrected chi connectivity index (χ1v) is 10.3. The van der Waals surface area contributed by atoms with Gasteiger partial charge in [0.1, 0.15) is 12.3 Å². The Balaban J connectivity index is 2.03. The molecule has 0 spiro atoms. The highest BCUT2D eigenvalue weighted by molar-refractivity contribution is 8.00. The van der Waals surface area contributed by atoms with Crippen molar-refractivity contribution in [2.45, 2.75) is 22.2 Å². The van der Waals surface area contributed by atoms with Gasteiger partial charge in [-0.3, -0.25) is 0 Å². The molecule has 0 saturated heterocycles. The van der Waals surface area contributed by atoms with Crippen LogP contribution in [-0.2, 0) is 11.9 Å². The maximum Gasteiger partial charge on any atom is 0.446 e. The number of aryl methyl sites for hydroxylation is 1. The minimum absolute atomic E-state index is 0.0971. The second-order valence-electron chi connectivity index (χ2n) is 5.63. The molecule has 3 rings (SSSR count). The fourth-order valence-corrected chi connectivity index (χ4v) is 3.70. The zero-order valence-electron chi connectivity index (χ0n) is 15.3. The average Bonchev–Trinajstić information content (AvgIpc) is 2.96. The molecule has 1 aromatic carbocycles. The number of thioether (sulfide) groups is 2. The molecule has 5 nitrogen and oxygen atoms in total. The second kappa shape index (κ2) is 8.44. The number of imidazole rings is 1. The number of pyridine rings is 1. The first kappa shape index (κ1) is 20.5. The van der Waals surface area contributed by atoms with E-state index in [1.54, 1.807) is 19.3 Å². The Morgan fingerprint density at radius 3 is 2.68 bits per heavy atom. The van der Waals surface area contributed by atoms with Gasteiger partial charge in [-0.1, -0.05) is 5.16 Å². The summed E-state index contributed by atoms with van der Waals surface area (Å²) in [5.74, 6) is 0.558. The van der Waals surface area contributed by atoms with Gasteiger partial charge in [-0.05, 0) is 55.3 Å². The van der Waals surface area contributed by atoms with Gasteiger partial charge in [-0.25, -0.2) is 9.97 Å². The number of aromatic nitrogens is 3. The van der Waals surface area contributed by atoms with Gasteiger partial charge in [-0.2, -0.15) is 13.2 Å². The Kier molecular flexibility index (Phi) is 6.19. The van der Waals surface area contributed by atoms with E-state index in [4.69, 9.17) is 4.84 Å². The van der Waals surface area contributed by atoms with E-state index in [2.05, 4.69) is 15.1 Å². The first-order chi connectivity index (χ1) is 13.3. The zero-order chi connectivity index (χ0) is 20.3. The predicted molar refractivity (Wildman–Crippen MR) is 107 cm³/mol. The standard InChI is InChI=1S/C18H17F3N4OS2/c1-4-26-22-10-14-16(27-3)8-6-12(23-14)17-24-13-9-11(28-18(19,20)21)5-7-15(13)25(17)2/h5-10H,4H2,1-3H3. The molecule has 0 amide bonds. The molecule has 2 aromatic heterocycles. The molecule has 0 unspecified atom stereocenters. The Bertz CT molecular complexity index is 1020. The number of oxime groups is 1. The maximum atomic E-state index is 12.6. The van der Waals surface area contributed by atoms with E-state index < -0.39 is 5.51 Å². The largest absolute Gasteiger partial charge is 0.446 e. The topological polar surface area (TPSA) is 52.3 Å². The van der Waals surface area contributed by atoms with Crippen molar-refractivity contribution >= 4 is 40.8 Å². The van der Waals surface area contributed by atoms with E-state index in [1.165, 1.54) is 23.9 Å². The fraction of sp³-hybridized carbons (Fsp3) is 0.278. The van der Waals surface area contributed by atoms with E-state index in [0.717, 1.165) is 10.4 Å². The van der Waals surface area contributed by atoms with Crippen LogP contribution in [0.4, 0.5) is 13.2 Å². The van der Waals surface area contributed by atoms with Crippen LogP contribution in [-0.4, -0.2) is 39.1 Å². The van der Waals surface area contributed by atoms with Crippen molar-refractivity contribution in [2.24, 2.45) is 12.2 Å². The van der Waals surface area contributed by atoms with Gasteiger partial charge in [-0.15, -0.1) is 11.8 Å². The molecule has 0 atom stereocenters. The molecule has 0 saturated carbocycles. The van der Waals surface area contributed by atoms with Crippen LogP contribution in [0.3, 0.4) is 0 Å². The third-order valence-electron chi connectivity index (χ3n) is 3.80. The van der Waals surface area contributed by atoms with Crippen LogP contribution >= 0.6 is 23.5 Å². The molecule has 0 bridgehead atoms. The van der Waals surface area contributed by atoms with E-state index in [9.17, 15) is 13.2 Å². The number of hydrogen-bond acceptors (Lipinski definition) is 6. The van der Waals surface area contributed by atoms with Crippen molar-refractivity contribution in [3.8, 4) is 11.5 Å². The monoisotopic (exact) mass is 426 g/mol. The van der Waals surface area contributed by atoms with Gasteiger partial charge in [0.2, 0.25) is 0 Å². The summed E-state index contributed by atoms with van der Waals surface area (Å²) in [6.07, 6.45) is 3.48. The number of hydrogen-bond donors (Lipinski definition) is 0. The molecule has 148 valence electrons. The minimum atomic E-state index is -4.34. The summed E-state index contributed by atoms with van der Waals surface area (Å²) in [5, 5.41) is 3.88. The summed E-state index contributed by atoms with van der Waals surface area (Å²) in [6.45, 7) is 2.29. The normalized spacial score (nSPS) is 12.2. The Morgan fingerprint density at radius 2 is 2.00 bits per heavy atom. The van der Waals surface area contributed by atoms with Crippen LogP contribution in [0.15, 0.2) is 45.3 Å². The minimum Gasteiger partial charge on any atom is -0.396 e. The lowest BCUT2D eigenvalue weighted by atomic mass is 10.3. The molecule has 0 fully saturated rings. The van der Waals surface area contributed by atoms with Crippen molar-refractivity contribution in [1.82, 2.24) is 14.5 Å². The lowest BCUT2D eigenvalue weighted by molar-refractivity contribution is -0.0328. The Morgan fingerprint density at radius 1 is 1.21 bits per heavy atom. The van der Waals surface area contributed by atoms with Crippen molar-refractivity contribution in [1.29, 1.82) is 0 Å². The van der Waals surface area contributed by atoms with Crippen LogP contribution in [0.25, 0.3) is 22.6 Å². The lowest BCUT2D eigenvalue weighted by Gasteiger charge is -2.06. The van der Waals surface area contributed by atoms with Gasteiger partial charge in [0, 0.05) is 16.8 Å². The predicted octanol–water partition coefficient (Wildman–Crippen LogP) is 5.34. The fourth-order valence-electron chi connectivity index (χ4n) is 2.62. The third-order valence-corrected chi connectivity index (χ3v) is 5.31. The molecule has 2 heterocycles. The Hall–Kier alpha value is -2.20. The van der Waals surface area contributed by atoms with Crippen molar-refractivity contribution in [3.63, 3.8) is 0 Å². The molecule has 0 N–H and O–H groups in total. The summed E-state index contributed by atoms with van der Waals surface area (Å²) < 4.78 is 39.7. The number of halogens is 3. The molecular formula is C18H17F3N4OS2. The number of alkyl halides is 3. The molecule has 10 heteroatoms. The van der Waals surface area contributed by atoms with Crippen molar-refractivity contribution < 1.29 is 18.0 Å². The van der Waals surface area contributed by atoms with Crippen LogP contribution in [0, 0.1) is 0 Å². The zero-order valence-corrected chi connectivity index (χ0v) is 17.0. The highest BCUT2D eigenvalue weighted by Crippen LogP contribution is 2.38. The summed E-state index contributed by atoms with van der Waals surface area (Å²) in [6, 6.07) is 8.25. The second-order valence-corrected chi connectivity index (χ2v) is 7.62. The number of benzene rings is 1. The van der Waals surface area contributed by atoms with Gasteiger partial charge in [0.25, 0.3) is 0 Å². The van der Waals surface area contributed by atoms with E-state index in [1.807, 2.05) is 29.9 Å². The smallest absolute Gasteiger partial charge is 0.396 e. The van der Waals surface area contributed by atoms with E-state index in [-0.39, 0.29) is 16.7 Å². The molecular weight excluding hydrogens is 409 g/mol. The summed E-state index contributed by atoms with van der Waals surface area (Å²) in [4.78, 5) is 15.1. The molecule has 28 heavy (non-hydrogen) atoms. The van der Waals surface area contributed by atoms with E-state index in [0.29, 0.717) is 29.3 Å². The van der Waals surface area contributed by atoms with Crippen LogP contribution in [0.5, 0.6) is 0 Å². The summed E-state index contributed by atoms with van der Waals surface area (Å²) in [5.41, 5.74) is -1.90. The third kappa shape index (κ3) is 4.61. The highest BCUT2D eigenvalue weighted by atomic mass is 32.2. The van der Waals surface area contributed by atoms with Crippen molar-refractivity contribution in [3.05, 3.63) is 36.0 Å². The maximum absolute atomic E-state index is 12.6. The quantitative estimate of drug-likeness (QED) is 0.303. The van der Waals surface area contributed by atoms with Crippen LogP contribution in [0.2, 0.25) is 0 Å². The highest BCUT2D eigenvalue weighted by Gasteiger charge is 2.29. The molecule has 3 aromatic rings. The average molecular weight is 426 g/mol. The first-order valence-electron chi connectivity index (χ1n) is 8.25. The Labute approximate surface area is 168 Å². The van der Waals surface area contributed by atoms with Crippen LogP contribution < -0.4 is 0 Å². The molecule has 0 aliphatic heterocycles. The number of nitrogens with zero attached hydrogens (tertiary/aromatic N) is 4. The van der Waals surface area contributed by atoms with Crippen LogP contribution in [0.1, 0.15) is 12.6 Å². The van der Waals surface area contributed by atoms with Gasteiger partial charge in [0.15, 0.2) is 5.82 Å².